The summed E-state index contributed by atoms with van der Waals surface area (Å²) in [4.78, 5) is 29.6. The van der Waals surface area contributed by atoms with E-state index in [1.807, 2.05) is 11.4 Å². The predicted octanol–water partition coefficient (Wildman–Crippen LogP) is 3.85. The molecule has 0 aliphatic heterocycles. The zero-order chi connectivity index (χ0) is 19.4. The van der Waals surface area contributed by atoms with Crippen LogP contribution >= 0.6 is 23.1 Å². The molecule has 0 spiro atoms. The number of hydrogen-bond donors (Lipinski definition) is 1. The molecule has 1 amide bonds. The average Bonchev–Trinajstić information content (AvgIpc) is 3.12. The SMILES string of the molecule is COc1ccc(NC(=O)CSc2nc3ccsc3c(=O)n2CC(C)C)cc1. The van der Waals surface area contributed by atoms with Gasteiger partial charge in [0, 0.05) is 12.2 Å². The highest BCUT2D eigenvalue weighted by Gasteiger charge is 2.15. The molecule has 0 aliphatic rings. The summed E-state index contributed by atoms with van der Waals surface area (Å²) in [5.41, 5.74) is 1.34. The van der Waals surface area contributed by atoms with Crippen molar-refractivity contribution in [3.8, 4) is 5.75 Å². The fourth-order valence-corrected chi connectivity index (χ4v) is 4.15. The van der Waals surface area contributed by atoms with Gasteiger partial charge < -0.3 is 10.1 Å². The van der Waals surface area contributed by atoms with Crippen molar-refractivity contribution in [3.63, 3.8) is 0 Å². The minimum atomic E-state index is -0.152. The molecule has 0 aliphatic carbocycles. The second-order valence-electron chi connectivity index (χ2n) is 6.40. The van der Waals surface area contributed by atoms with Gasteiger partial charge in [-0.05, 0) is 41.6 Å². The molecule has 6 nitrogen and oxygen atoms in total. The van der Waals surface area contributed by atoms with Crippen LogP contribution in [0.4, 0.5) is 5.69 Å². The number of thioether (sulfide) groups is 1. The lowest BCUT2D eigenvalue weighted by Gasteiger charge is -2.14. The van der Waals surface area contributed by atoms with Gasteiger partial charge in [0.15, 0.2) is 5.16 Å². The number of amides is 1. The van der Waals surface area contributed by atoms with E-state index in [4.69, 9.17) is 4.74 Å². The summed E-state index contributed by atoms with van der Waals surface area (Å²) < 4.78 is 7.44. The zero-order valence-electron chi connectivity index (χ0n) is 15.4. The number of fused-ring (bicyclic) bond motifs is 1. The molecule has 1 aromatic carbocycles. The maximum atomic E-state index is 12.7. The molecule has 8 heteroatoms. The van der Waals surface area contributed by atoms with Crippen molar-refractivity contribution in [2.45, 2.75) is 25.5 Å². The monoisotopic (exact) mass is 403 g/mol. The van der Waals surface area contributed by atoms with Crippen molar-refractivity contribution in [1.29, 1.82) is 0 Å². The van der Waals surface area contributed by atoms with Gasteiger partial charge in [-0.1, -0.05) is 25.6 Å². The lowest BCUT2D eigenvalue weighted by Crippen LogP contribution is -2.25. The van der Waals surface area contributed by atoms with Gasteiger partial charge in [-0.2, -0.15) is 0 Å². The van der Waals surface area contributed by atoms with E-state index in [9.17, 15) is 9.59 Å². The molecular weight excluding hydrogens is 382 g/mol. The topological polar surface area (TPSA) is 73.2 Å². The molecule has 3 rings (SSSR count). The number of methoxy groups -OCH3 is 1. The maximum Gasteiger partial charge on any atom is 0.272 e. The Kier molecular flexibility index (Phi) is 6.18. The number of anilines is 1. The molecule has 0 fully saturated rings. The number of nitrogens with one attached hydrogen (secondary N) is 1. The molecule has 0 radical (unpaired) electrons. The summed E-state index contributed by atoms with van der Waals surface area (Å²) in [5.74, 6) is 1.05. The highest BCUT2D eigenvalue weighted by atomic mass is 32.2. The normalized spacial score (nSPS) is 11.1. The molecule has 0 unspecified atom stereocenters. The third-order valence-electron chi connectivity index (χ3n) is 3.78. The second kappa shape index (κ2) is 8.58. The van der Waals surface area contributed by atoms with Gasteiger partial charge in [0.25, 0.3) is 5.56 Å². The Morgan fingerprint density at radius 2 is 2.04 bits per heavy atom. The summed E-state index contributed by atoms with van der Waals surface area (Å²) in [6, 6.07) is 8.98. The lowest BCUT2D eigenvalue weighted by molar-refractivity contribution is -0.113. The van der Waals surface area contributed by atoms with Crippen LogP contribution in [-0.4, -0.2) is 28.3 Å². The van der Waals surface area contributed by atoms with E-state index in [0.29, 0.717) is 33.5 Å². The zero-order valence-corrected chi connectivity index (χ0v) is 17.0. The van der Waals surface area contributed by atoms with Gasteiger partial charge in [0.2, 0.25) is 5.91 Å². The first-order valence-corrected chi connectivity index (χ1v) is 10.4. The molecule has 0 saturated heterocycles. The summed E-state index contributed by atoms with van der Waals surface area (Å²) in [6.07, 6.45) is 0. The minimum Gasteiger partial charge on any atom is -0.497 e. The van der Waals surface area contributed by atoms with Crippen molar-refractivity contribution in [3.05, 3.63) is 46.1 Å². The Labute approximate surface area is 165 Å². The Balaban J connectivity index is 1.75. The van der Waals surface area contributed by atoms with Gasteiger partial charge in [0.05, 0.1) is 18.4 Å². The van der Waals surface area contributed by atoms with E-state index in [0.717, 1.165) is 5.75 Å². The Hall–Kier alpha value is -2.32. The maximum absolute atomic E-state index is 12.7. The largest absolute Gasteiger partial charge is 0.497 e. The van der Waals surface area contributed by atoms with Gasteiger partial charge in [0.1, 0.15) is 10.4 Å². The standard InChI is InChI=1S/C19H21N3O3S2/c1-12(2)10-22-18(24)17-15(8-9-26-17)21-19(22)27-11-16(23)20-13-4-6-14(25-3)7-5-13/h4-9,12H,10-11H2,1-3H3,(H,20,23). The van der Waals surface area contributed by atoms with Crippen molar-refractivity contribution in [2.75, 3.05) is 18.2 Å². The first-order chi connectivity index (χ1) is 13.0. The fourth-order valence-electron chi connectivity index (χ4n) is 2.56. The molecule has 2 aromatic heterocycles. The molecule has 2 heterocycles. The summed E-state index contributed by atoms with van der Waals surface area (Å²) in [5, 5.41) is 5.28. The van der Waals surface area contributed by atoms with Crippen LogP contribution in [0.5, 0.6) is 5.75 Å². The van der Waals surface area contributed by atoms with E-state index >= 15 is 0 Å². The first-order valence-electron chi connectivity index (χ1n) is 8.52. The van der Waals surface area contributed by atoms with Gasteiger partial charge >= 0.3 is 0 Å². The van der Waals surface area contributed by atoms with Crippen LogP contribution in [0.3, 0.4) is 0 Å². The third-order valence-corrected chi connectivity index (χ3v) is 5.65. The van der Waals surface area contributed by atoms with Crippen molar-refractivity contribution in [2.24, 2.45) is 5.92 Å². The smallest absolute Gasteiger partial charge is 0.272 e. The van der Waals surface area contributed by atoms with Gasteiger partial charge in [-0.25, -0.2) is 4.98 Å². The molecule has 3 aromatic rings. The number of benzene rings is 1. The minimum absolute atomic E-state index is 0.0400. The highest BCUT2D eigenvalue weighted by molar-refractivity contribution is 7.99. The molecule has 142 valence electrons. The van der Waals surface area contributed by atoms with Gasteiger partial charge in [-0.3, -0.25) is 14.2 Å². The Morgan fingerprint density at radius 1 is 1.30 bits per heavy atom. The van der Waals surface area contributed by atoms with E-state index in [1.54, 1.807) is 35.9 Å². The van der Waals surface area contributed by atoms with Crippen LogP contribution in [-0.2, 0) is 11.3 Å². The molecular formula is C19H21N3O3S2. The van der Waals surface area contributed by atoms with Crippen LogP contribution in [0.25, 0.3) is 10.2 Å². The average molecular weight is 404 g/mol. The summed E-state index contributed by atoms with van der Waals surface area (Å²) in [7, 11) is 1.60. The number of nitrogens with zero attached hydrogens (tertiary/aromatic N) is 2. The fraction of sp³-hybridized carbons (Fsp3) is 0.316. The van der Waals surface area contributed by atoms with E-state index in [1.165, 1.54) is 23.1 Å². The number of carbonyl (C=O) groups is 1. The molecule has 0 bridgehead atoms. The summed E-state index contributed by atoms with van der Waals surface area (Å²) >= 11 is 2.67. The van der Waals surface area contributed by atoms with Crippen LogP contribution in [0.1, 0.15) is 13.8 Å². The van der Waals surface area contributed by atoms with Crippen LogP contribution in [0.2, 0.25) is 0 Å². The number of thiophene rings is 1. The first kappa shape index (κ1) is 19.4. The second-order valence-corrected chi connectivity index (χ2v) is 8.26. The van der Waals surface area contributed by atoms with Crippen LogP contribution in [0.15, 0.2) is 45.7 Å². The van der Waals surface area contributed by atoms with Crippen molar-refractivity contribution < 1.29 is 9.53 Å². The number of carbonyl (C=O) groups excluding carboxylic acids is 1. The molecule has 27 heavy (non-hydrogen) atoms. The number of hydrogen-bond acceptors (Lipinski definition) is 6. The lowest BCUT2D eigenvalue weighted by atomic mass is 10.2. The van der Waals surface area contributed by atoms with Crippen molar-refractivity contribution in [1.82, 2.24) is 9.55 Å². The summed E-state index contributed by atoms with van der Waals surface area (Å²) in [6.45, 7) is 4.67. The number of aromatic nitrogens is 2. The number of rotatable bonds is 7. The predicted molar refractivity (Wildman–Crippen MR) is 111 cm³/mol. The quantitative estimate of drug-likeness (QED) is 0.479. The molecule has 0 atom stereocenters. The highest BCUT2D eigenvalue weighted by Crippen LogP contribution is 2.22. The van der Waals surface area contributed by atoms with Crippen LogP contribution in [0, 0.1) is 5.92 Å². The van der Waals surface area contributed by atoms with E-state index < -0.39 is 0 Å². The van der Waals surface area contributed by atoms with Gasteiger partial charge in [-0.15, -0.1) is 11.3 Å². The molecule has 0 saturated carbocycles. The Morgan fingerprint density at radius 3 is 2.70 bits per heavy atom. The third kappa shape index (κ3) is 4.70. The van der Waals surface area contributed by atoms with E-state index in [2.05, 4.69) is 24.1 Å². The van der Waals surface area contributed by atoms with Crippen LogP contribution < -0.4 is 15.6 Å². The number of ether oxygens (including phenoxy) is 1. The van der Waals surface area contributed by atoms with E-state index in [-0.39, 0.29) is 17.2 Å². The molecule has 1 N–H and O–H groups in total. The van der Waals surface area contributed by atoms with Crippen molar-refractivity contribution >= 4 is 44.9 Å². The Bertz CT molecular complexity index is 994.